The SMILES string of the molecule is Cc1ccc(-n2nc(C)c(NC(=O)COC(=O)C34CC5CC(CC(Cl)(C5)C3)C4)c2C)cc1. The van der Waals surface area contributed by atoms with Gasteiger partial charge in [-0.25, -0.2) is 4.68 Å². The van der Waals surface area contributed by atoms with Gasteiger partial charge in [-0.3, -0.25) is 9.59 Å². The van der Waals surface area contributed by atoms with Crippen molar-refractivity contribution in [1.82, 2.24) is 9.78 Å². The molecule has 0 aliphatic heterocycles. The van der Waals surface area contributed by atoms with Gasteiger partial charge in [-0.1, -0.05) is 17.7 Å². The third kappa shape index (κ3) is 3.72. The number of aromatic nitrogens is 2. The fraction of sp³-hybridized carbons (Fsp3) is 0.560. The third-order valence-electron chi connectivity index (χ3n) is 7.59. The van der Waals surface area contributed by atoms with Crippen LogP contribution in [0.25, 0.3) is 5.69 Å². The van der Waals surface area contributed by atoms with Crippen LogP contribution in [0.4, 0.5) is 5.69 Å². The molecule has 170 valence electrons. The number of carbonyl (C=O) groups excluding carboxylic acids is 2. The number of amides is 1. The summed E-state index contributed by atoms with van der Waals surface area (Å²) in [5.74, 6) is 0.412. The van der Waals surface area contributed by atoms with Gasteiger partial charge in [0.1, 0.15) is 0 Å². The lowest BCUT2D eigenvalue weighted by Crippen LogP contribution is -2.56. The first-order chi connectivity index (χ1) is 15.2. The molecule has 6 nitrogen and oxygen atoms in total. The van der Waals surface area contributed by atoms with Gasteiger partial charge in [0.15, 0.2) is 6.61 Å². The highest BCUT2D eigenvalue weighted by molar-refractivity contribution is 6.24. The molecule has 1 aromatic carbocycles. The van der Waals surface area contributed by atoms with Crippen LogP contribution < -0.4 is 5.32 Å². The van der Waals surface area contributed by atoms with Gasteiger partial charge < -0.3 is 10.1 Å². The first kappa shape index (κ1) is 21.5. The molecule has 0 saturated heterocycles. The van der Waals surface area contributed by atoms with Crippen LogP contribution in [0.15, 0.2) is 24.3 Å². The van der Waals surface area contributed by atoms with Crippen LogP contribution in [-0.2, 0) is 14.3 Å². The summed E-state index contributed by atoms with van der Waals surface area (Å²) in [7, 11) is 0. The summed E-state index contributed by atoms with van der Waals surface area (Å²) in [6.07, 6.45) is 5.55. The number of carbonyl (C=O) groups is 2. The Morgan fingerprint density at radius 3 is 2.41 bits per heavy atom. The molecule has 1 N–H and O–H groups in total. The normalized spacial score (nSPS) is 30.4. The predicted molar refractivity (Wildman–Crippen MR) is 123 cm³/mol. The second kappa shape index (κ2) is 7.62. The molecule has 2 unspecified atom stereocenters. The molecule has 4 fully saturated rings. The topological polar surface area (TPSA) is 73.2 Å². The first-order valence-electron chi connectivity index (χ1n) is 11.5. The molecule has 0 spiro atoms. The van der Waals surface area contributed by atoms with Gasteiger partial charge in [0.05, 0.1) is 28.2 Å². The van der Waals surface area contributed by atoms with Crippen molar-refractivity contribution >= 4 is 29.2 Å². The van der Waals surface area contributed by atoms with E-state index in [1.165, 1.54) is 12.0 Å². The number of benzene rings is 1. The van der Waals surface area contributed by atoms with Crippen molar-refractivity contribution in [3.05, 3.63) is 41.2 Å². The van der Waals surface area contributed by atoms with Crippen molar-refractivity contribution < 1.29 is 14.3 Å². The van der Waals surface area contributed by atoms with E-state index in [2.05, 4.69) is 10.4 Å². The average Bonchev–Trinajstić information content (AvgIpc) is 2.99. The number of halogens is 1. The zero-order valence-electron chi connectivity index (χ0n) is 18.9. The summed E-state index contributed by atoms with van der Waals surface area (Å²) in [6.45, 7) is 5.51. The Morgan fingerprint density at radius 2 is 1.78 bits per heavy atom. The molecule has 4 aliphatic rings. The lowest BCUT2D eigenvalue weighted by Gasteiger charge is -2.58. The molecule has 0 radical (unpaired) electrons. The minimum atomic E-state index is -0.506. The smallest absolute Gasteiger partial charge is 0.312 e. The molecule has 4 aliphatic carbocycles. The highest BCUT2D eigenvalue weighted by Gasteiger charge is 2.60. The summed E-state index contributed by atoms with van der Waals surface area (Å²) in [5.41, 5.74) is 3.80. The Bertz CT molecular complexity index is 1060. The van der Waals surface area contributed by atoms with Crippen LogP contribution in [-0.4, -0.2) is 33.1 Å². The minimum Gasteiger partial charge on any atom is -0.455 e. The van der Waals surface area contributed by atoms with E-state index in [-0.39, 0.29) is 23.4 Å². The zero-order valence-corrected chi connectivity index (χ0v) is 19.7. The van der Waals surface area contributed by atoms with Crippen molar-refractivity contribution in [3.8, 4) is 5.69 Å². The lowest BCUT2D eigenvalue weighted by atomic mass is 9.49. The van der Waals surface area contributed by atoms with E-state index in [9.17, 15) is 9.59 Å². The number of nitrogens with one attached hydrogen (secondary N) is 1. The fourth-order valence-corrected chi connectivity index (χ4v) is 7.30. The van der Waals surface area contributed by atoms with Crippen molar-refractivity contribution in [1.29, 1.82) is 0 Å². The Hall–Kier alpha value is -2.34. The molecule has 4 bridgehead atoms. The van der Waals surface area contributed by atoms with Crippen LogP contribution in [0, 0.1) is 38.0 Å². The van der Waals surface area contributed by atoms with Crippen LogP contribution in [0.3, 0.4) is 0 Å². The zero-order chi connectivity index (χ0) is 22.7. The average molecular weight is 456 g/mol. The fourth-order valence-electron chi connectivity index (χ4n) is 6.61. The molecule has 6 rings (SSSR count). The summed E-state index contributed by atoms with van der Waals surface area (Å²) >= 11 is 6.83. The number of rotatable bonds is 5. The van der Waals surface area contributed by atoms with E-state index in [0.29, 0.717) is 29.6 Å². The number of alkyl halides is 1. The van der Waals surface area contributed by atoms with Gasteiger partial charge >= 0.3 is 5.97 Å². The molecular formula is C25H30ClN3O3. The summed E-state index contributed by atoms with van der Waals surface area (Å²) in [6, 6.07) is 8.05. The maximum absolute atomic E-state index is 13.1. The summed E-state index contributed by atoms with van der Waals surface area (Å²) in [4.78, 5) is 25.5. The number of hydrogen-bond acceptors (Lipinski definition) is 4. The Balaban J connectivity index is 1.24. The van der Waals surface area contributed by atoms with Gasteiger partial charge in [-0.05, 0) is 83.3 Å². The highest BCUT2D eigenvalue weighted by atomic mass is 35.5. The number of ether oxygens (including phenoxy) is 1. The van der Waals surface area contributed by atoms with Crippen LogP contribution in [0.5, 0.6) is 0 Å². The number of aryl methyl sites for hydroxylation is 2. The Morgan fingerprint density at radius 1 is 1.12 bits per heavy atom. The monoisotopic (exact) mass is 455 g/mol. The van der Waals surface area contributed by atoms with E-state index in [4.69, 9.17) is 16.3 Å². The molecule has 4 saturated carbocycles. The first-order valence-corrected chi connectivity index (χ1v) is 11.8. The van der Waals surface area contributed by atoms with Crippen LogP contribution >= 0.6 is 11.6 Å². The maximum atomic E-state index is 13.1. The van der Waals surface area contributed by atoms with E-state index in [0.717, 1.165) is 37.1 Å². The Labute approximate surface area is 193 Å². The lowest BCUT2D eigenvalue weighted by molar-refractivity contribution is -0.171. The number of nitrogens with zero attached hydrogens (tertiary/aromatic N) is 2. The largest absolute Gasteiger partial charge is 0.455 e. The van der Waals surface area contributed by atoms with Crippen molar-refractivity contribution in [2.75, 3.05) is 11.9 Å². The maximum Gasteiger partial charge on any atom is 0.312 e. The number of hydrogen-bond donors (Lipinski definition) is 1. The second-order valence-corrected chi connectivity index (χ2v) is 11.1. The van der Waals surface area contributed by atoms with Crippen molar-refractivity contribution in [2.45, 2.75) is 64.2 Å². The van der Waals surface area contributed by atoms with Gasteiger partial charge in [-0.2, -0.15) is 5.10 Å². The van der Waals surface area contributed by atoms with E-state index < -0.39 is 5.41 Å². The molecular weight excluding hydrogens is 426 g/mol. The number of anilines is 1. The second-order valence-electron chi connectivity index (χ2n) is 10.3. The number of esters is 1. The van der Waals surface area contributed by atoms with Gasteiger partial charge in [0, 0.05) is 4.87 Å². The van der Waals surface area contributed by atoms with E-state index in [1.54, 1.807) is 0 Å². The molecule has 32 heavy (non-hydrogen) atoms. The molecule has 1 amide bonds. The van der Waals surface area contributed by atoms with E-state index >= 15 is 0 Å². The molecule has 1 aromatic heterocycles. The van der Waals surface area contributed by atoms with E-state index in [1.807, 2.05) is 49.7 Å². The van der Waals surface area contributed by atoms with Crippen molar-refractivity contribution in [2.24, 2.45) is 17.3 Å². The van der Waals surface area contributed by atoms with Gasteiger partial charge in [-0.15, -0.1) is 11.6 Å². The summed E-state index contributed by atoms with van der Waals surface area (Å²) < 4.78 is 7.36. The minimum absolute atomic E-state index is 0.254. The molecule has 7 heteroatoms. The highest BCUT2D eigenvalue weighted by Crippen LogP contribution is 2.64. The molecule has 2 atom stereocenters. The standard InChI is InChI=1S/C25H30ClN3O3/c1-15-4-6-20(7-5-15)29-17(3)22(16(2)28-29)27-21(30)13-32-23(31)24-9-18-8-19(10-24)12-25(26,11-18)14-24/h4-7,18-19H,8-14H2,1-3H3,(H,27,30). The third-order valence-corrected chi connectivity index (χ3v) is 8.03. The van der Waals surface area contributed by atoms with Crippen molar-refractivity contribution in [3.63, 3.8) is 0 Å². The summed E-state index contributed by atoms with van der Waals surface area (Å²) in [5, 5.41) is 7.46. The quantitative estimate of drug-likeness (QED) is 0.516. The molecule has 1 heterocycles. The Kier molecular flexibility index (Phi) is 5.12. The van der Waals surface area contributed by atoms with Crippen LogP contribution in [0.1, 0.15) is 55.5 Å². The van der Waals surface area contributed by atoms with Gasteiger partial charge in [0.2, 0.25) is 0 Å². The van der Waals surface area contributed by atoms with Gasteiger partial charge in [0.25, 0.3) is 5.91 Å². The predicted octanol–water partition coefficient (Wildman–Crippen LogP) is 4.86. The molecule has 2 aromatic rings. The van der Waals surface area contributed by atoms with Crippen LogP contribution in [0.2, 0.25) is 0 Å².